The van der Waals surface area contributed by atoms with E-state index in [1.54, 1.807) is 0 Å². The van der Waals surface area contributed by atoms with E-state index in [2.05, 4.69) is 32.7 Å². The van der Waals surface area contributed by atoms with Gasteiger partial charge in [0.25, 0.3) is 0 Å². The van der Waals surface area contributed by atoms with E-state index in [4.69, 9.17) is 0 Å². The zero-order valence-electron chi connectivity index (χ0n) is 10.7. The molecule has 0 aromatic carbocycles. The van der Waals surface area contributed by atoms with Gasteiger partial charge in [-0.05, 0) is 58.3 Å². The Balaban J connectivity index is 2.32. The minimum absolute atomic E-state index is 0.396. The molecule has 1 unspecified atom stereocenters. The maximum absolute atomic E-state index is 3.80. The second kappa shape index (κ2) is 5.69. The summed E-state index contributed by atoms with van der Waals surface area (Å²) in [5.74, 6) is 0.934. The molecule has 0 spiro atoms. The molecule has 0 amide bonds. The summed E-state index contributed by atoms with van der Waals surface area (Å²) in [5, 5.41) is 3.80. The number of nitrogens with one attached hydrogen (secondary N) is 1. The van der Waals surface area contributed by atoms with Crippen molar-refractivity contribution in [1.29, 1.82) is 0 Å². The first-order valence-electron chi connectivity index (χ1n) is 6.44. The van der Waals surface area contributed by atoms with E-state index in [1.807, 2.05) is 6.08 Å². The molecule has 1 aliphatic carbocycles. The van der Waals surface area contributed by atoms with Crippen molar-refractivity contribution in [3.63, 3.8) is 0 Å². The van der Waals surface area contributed by atoms with Crippen LogP contribution < -0.4 is 5.32 Å². The third kappa shape index (κ3) is 4.38. The summed E-state index contributed by atoms with van der Waals surface area (Å²) in [6, 6.07) is 0.626. The van der Waals surface area contributed by atoms with E-state index >= 15 is 0 Å². The minimum Gasteiger partial charge on any atom is -0.309 e. The van der Waals surface area contributed by atoms with Gasteiger partial charge in [-0.25, -0.2) is 0 Å². The largest absolute Gasteiger partial charge is 0.309 e. The van der Waals surface area contributed by atoms with Crippen LogP contribution in [0.25, 0.3) is 0 Å². The average molecular weight is 209 g/mol. The van der Waals surface area contributed by atoms with Gasteiger partial charge >= 0.3 is 0 Å². The lowest BCUT2D eigenvalue weighted by molar-refractivity contribution is 0.195. The Morgan fingerprint density at radius 1 is 1.47 bits per heavy atom. The van der Waals surface area contributed by atoms with Crippen LogP contribution in [0.15, 0.2) is 12.7 Å². The second-order valence-corrected chi connectivity index (χ2v) is 5.65. The van der Waals surface area contributed by atoms with Crippen LogP contribution in [0.5, 0.6) is 0 Å². The summed E-state index contributed by atoms with van der Waals surface area (Å²) < 4.78 is 0. The van der Waals surface area contributed by atoms with Gasteiger partial charge in [0.15, 0.2) is 0 Å². The fraction of sp³-hybridized carbons (Fsp3) is 0.857. The number of hydrogen-bond acceptors (Lipinski definition) is 1. The van der Waals surface area contributed by atoms with Crippen molar-refractivity contribution in [2.75, 3.05) is 0 Å². The molecule has 1 atom stereocenters. The Morgan fingerprint density at radius 2 is 2.07 bits per heavy atom. The first kappa shape index (κ1) is 12.8. The van der Waals surface area contributed by atoms with E-state index in [1.165, 1.54) is 32.1 Å². The van der Waals surface area contributed by atoms with Gasteiger partial charge in [-0.15, -0.1) is 6.58 Å². The van der Waals surface area contributed by atoms with Crippen LogP contribution >= 0.6 is 0 Å². The molecule has 0 radical (unpaired) electrons. The second-order valence-electron chi connectivity index (χ2n) is 5.65. The van der Waals surface area contributed by atoms with E-state index < -0.39 is 0 Å². The van der Waals surface area contributed by atoms with Crippen LogP contribution in [0.1, 0.15) is 59.3 Å². The van der Waals surface area contributed by atoms with Gasteiger partial charge in [0.2, 0.25) is 0 Å². The van der Waals surface area contributed by atoms with Crippen LogP contribution in [0.4, 0.5) is 0 Å². The summed E-state index contributed by atoms with van der Waals surface area (Å²) >= 11 is 0. The highest BCUT2D eigenvalue weighted by Gasteiger charge is 2.29. The first-order chi connectivity index (χ1) is 7.06. The highest BCUT2D eigenvalue weighted by atomic mass is 15.0. The summed E-state index contributed by atoms with van der Waals surface area (Å²) in [7, 11) is 0. The van der Waals surface area contributed by atoms with Crippen LogP contribution in [0, 0.1) is 5.92 Å². The van der Waals surface area contributed by atoms with Gasteiger partial charge in [0.05, 0.1) is 0 Å². The molecule has 1 aliphatic rings. The van der Waals surface area contributed by atoms with Gasteiger partial charge in [0.1, 0.15) is 0 Å². The van der Waals surface area contributed by atoms with E-state index in [-0.39, 0.29) is 0 Å². The third-order valence-corrected chi connectivity index (χ3v) is 3.78. The van der Waals surface area contributed by atoms with Crippen LogP contribution in [-0.2, 0) is 0 Å². The summed E-state index contributed by atoms with van der Waals surface area (Å²) in [6.45, 7) is 10.8. The molecular formula is C14H27N. The van der Waals surface area contributed by atoms with Crippen LogP contribution in [0.2, 0.25) is 0 Å². The topological polar surface area (TPSA) is 12.0 Å². The maximum Gasteiger partial charge on any atom is 0.0156 e. The van der Waals surface area contributed by atoms with Crippen LogP contribution in [0.3, 0.4) is 0 Å². The van der Waals surface area contributed by atoms with Crippen molar-refractivity contribution in [3.05, 3.63) is 12.7 Å². The summed E-state index contributed by atoms with van der Waals surface area (Å²) in [5.41, 5.74) is 0.396. The molecule has 1 nitrogen and oxygen atoms in total. The molecule has 1 rings (SSSR count). The Kier molecular flexibility index (Phi) is 4.85. The molecule has 0 heterocycles. The quantitative estimate of drug-likeness (QED) is 0.677. The molecule has 1 saturated carbocycles. The molecule has 88 valence electrons. The van der Waals surface area contributed by atoms with Gasteiger partial charge in [-0.2, -0.15) is 0 Å². The lowest BCUT2D eigenvalue weighted by Gasteiger charge is -2.39. The van der Waals surface area contributed by atoms with Crippen molar-refractivity contribution in [1.82, 2.24) is 5.32 Å². The zero-order chi connectivity index (χ0) is 11.3. The molecule has 0 saturated heterocycles. The molecule has 1 fully saturated rings. The molecule has 1 heteroatoms. The number of allylic oxidation sites excluding steroid dienone is 1. The number of hydrogen-bond donors (Lipinski definition) is 1. The molecule has 0 aromatic rings. The summed E-state index contributed by atoms with van der Waals surface area (Å²) in [4.78, 5) is 0. The minimum atomic E-state index is 0.396. The highest BCUT2D eigenvalue weighted by Crippen LogP contribution is 2.31. The highest BCUT2D eigenvalue weighted by molar-refractivity contribution is 4.90. The molecule has 0 bridgehead atoms. The molecule has 0 aliphatic heterocycles. The molecule has 0 aromatic heterocycles. The van der Waals surface area contributed by atoms with Crippen molar-refractivity contribution < 1.29 is 0 Å². The lowest BCUT2D eigenvalue weighted by Crippen LogP contribution is -2.49. The Morgan fingerprint density at radius 3 is 2.60 bits per heavy atom. The fourth-order valence-corrected chi connectivity index (χ4v) is 2.58. The first-order valence-corrected chi connectivity index (χ1v) is 6.44. The normalized spacial score (nSPS) is 33.7. The zero-order valence-corrected chi connectivity index (χ0v) is 10.7. The van der Waals surface area contributed by atoms with Crippen molar-refractivity contribution in [3.8, 4) is 0 Å². The predicted octanol–water partition coefficient (Wildman–Crippen LogP) is 3.90. The third-order valence-electron chi connectivity index (χ3n) is 3.78. The Labute approximate surface area is 95.3 Å². The van der Waals surface area contributed by atoms with Crippen molar-refractivity contribution in [2.45, 2.75) is 70.9 Å². The average Bonchev–Trinajstić information content (AvgIpc) is 2.20. The van der Waals surface area contributed by atoms with E-state index in [0.717, 1.165) is 12.3 Å². The summed E-state index contributed by atoms with van der Waals surface area (Å²) in [6.07, 6.45) is 9.81. The Hall–Kier alpha value is -0.300. The van der Waals surface area contributed by atoms with Gasteiger partial charge in [-0.3, -0.25) is 0 Å². The van der Waals surface area contributed by atoms with Gasteiger partial charge in [0, 0.05) is 11.6 Å². The fourth-order valence-electron chi connectivity index (χ4n) is 2.58. The van der Waals surface area contributed by atoms with E-state index in [9.17, 15) is 0 Å². The smallest absolute Gasteiger partial charge is 0.0156 e. The van der Waals surface area contributed by atoms with Crippen molar-refractivity contribution in [2.24, 2.45) is 5.92 Å². The molecule has 15 heavy (non-hydrogen) atoms. The van der Waals surface area contributed by atoms with E-state index in [0.29, 0.717) is 11.6 Å². The lowest BCUT2D eigenvalue weighted by atomic mass is 9.78. The predicted molar refractivity (Wildman–Crippen MR) is 68.1 cm³/mol. The number of rotatable bonds is 5. The van der Waals surface area contributed by atoms with Crippen LogP contribution in [-0.4, -0.2) is 11.6 Å². The SMILES string of the molecule is C=CCCC(C)NC1(C)CCC(C)CC1. The molecular weight excluding hydrogens is 182 g/mol. The van der Waals surface area contributed by atoms with Gasteiger partial charge in [-0.1, -0.05) is 13.0 Å². The van der Waals surface area contributed by atoms with Crippen molar-refractivity contribution >= 4 is 0 Å². The maximum atomic E-state index is 3.80. The van der Waals surface area contributed by atoms with Gasteiger partial charge < -0.3 is 5.32 Å². The monoisotopic (exact) mass is 209 g/mol. The Bertz CT molecular complexity index is 190. The molecule has 1 N–H and O–H groups in total. The standard InChI is InChI=1S/C14H27N/c1-5-6-7-13(3)15-14(4)10-8-12(2)9-11-14/h5,12-13,15H,1,6-11H2,2-4H3.